The van der Waals surface area contributed by atoms with E-state index in [1.807, 2.05) is 24.3 Å². The molecule has 0 amide bonds. The zero-order chi connectivity index (χ0) is 17.1. The minimum absolute atomic E-state index is 0.264. The van der Waals surface area contributed by atoms with Crippen LogP contribution in [0.15, 0.2) is 64.7 Å². The first-order valence-electron chi connectivity index (χ1n) is 7.26. The van der Waals surface area contributed by atoms with Crippen molar-refractivity contribution in [1.82, 2.24) is 9.55 Å². The van der Waals surface area contributed by atoms with Gasteiger partial charge in [-0.3, -0.25) is 9.36 Å². The molecule has 6 heteroatoms. The van der Waals surface area contributed by atoms with Crippen LogP contribution in [0.2, 0.25) is 5.02 Å². The Bertz CT molecular complexity index is 925. The SMILES string of the molecule is Cc1ccc(-n2ccnc(SCc3ccc(Cl)cc3)c2=O)cc1F. The Labute approximate surface area is 148 Å². The number of halogens is 2. The molecule has 0 unspecified atom stereocenters. The quantitative estimate of drug-likeness (QED) is 0.636. The van der Waals surface area contributed by atoms with Crippen LogP contribution in [-0.4, -0.2) is 9.55 Å². The molecule has 0 bridgehead atoms. The number of benzene rings is 2. The standard InChI is InChI=1S/C18H14ClFN2OS/c1-12-2-7-15(10-16(12)20)22-9-8-21-17(18(22)23)24-11-13-3-5-14(19)6-4-13/h2-10H,11H2,1H3. The Balaban J connectivity index is 1.86. The van der Waals surface area contributed by atoms with Gasteiger partial charge in [0.05, 0.1) is 5.69 Å². The summed E-state index contributed by atoms with van der Waals surface area (Å²) in [5, 5.41) is 1.04. The minimum atomic E-state index is -0.341. The van der Waals surface area contributed by atoms with Gasteiger partial charge in [0.25, 0.3) is 5.56 Å². The number of hydrogen-bond acceptors (Lipinski definition) is 3. The fourth-order valence-corrected chi connectivity index (χ4v) is 3.14. The lowest BCUT2D eigenvalue weighted by Gasteiger charge is -2.08. The molecule has 0 aliphatic carbocycles. The number of aromatic nitrogens is 2. The first kappa shape index (κ1) is 16.7. The summed E-state index contributed by atoms with van der Waals surface area (Å²) in [5.41, 5.74) is 1.80. The molecular weight excluding hydrogens is 347 g/mol. The van der Waals surface area contributed by atoms with E-state index in [1.165, 1.54) is 22.4 Å². The molecule has 0 saturated heterocycles. The first-order chi connectivity index (χ1) is 11.5. The molecule has 24 heavy (non-hydrogen) atoms. The van der Waals surface area contributed by atoms with Gasteiger partial charge in [0.15, 0.2) is 5.03 Å². The van der Waals surface area contributed by atoms with Gasteiger partial charge in [-0.2, -0.15) is 0 Å². The van der Waals surface area contributed by atoms with E-state index in [0.717, 1.165) is 5.56 Å². The normalized spacial score (nSPS) is 10.8. The van der Waals surface area contributed by atoms with Gasteiger partial charge in [0.1, 0.15) is 5.82 Å². The Kier molecular flexibility index (Phi) is 5.02. The maximum absolute atomic E-state index is 13.8. The summed E-state index contributed by atoms with van der Waals surface area (Å²) in [7, 11) is 0. The van der Waals surface area contributed by atoms with Crippen molar-refractivity contribution in [3.8, 4) is 5.69 Å². The highest BCUT2D eigenvalue weighted by Gasteiger charge is 2.09. The molecule has 0 atom stereocenters. The van der Waals surface area contributed by atoms with Crippen molar-refractivity contribution in [1.29, 1.82) is 0 Å². The van der Waals surface area contributed by atoms with Crippen molar-refractivity contribution >= 4 is 23.4 Å². The third-order valence-electron chi connectivity index (χ3n) is 3.53. The second kappa shape index (κ2) is 7.20. The number of hydrogen-bond donors (Lipinski definition) is 0. The van der Waals surface area contributed by atoms with E-state index in [0.29, 0.717) is 27.1 Å². The summed E-state index contributed by atoms with van der Waals surface area (Å²) in [6.07, 6.45) is 3.09. The van der Waals surface area contributed by atoms with Crippen LogP contribution >= 0.6 is 23.4 Å². The van der Waals surface area contributed by atoms with Crippen molar-refractivity contribution in [2.24, 2.45) is 0 Å². The summed E-state index contributed by atoms with van der Waals surface area (Å²) in [6, 6.07) is 12.2. The lowest BCUT2D eigenvalue weighted by atomic mass is 10.2. The van der Waals surface area contributed by atoms with Crippen molar-refractivity contribution in [2.75, 3.05) is 0 Å². The van der Waals surface area contributed by atoms with Gasteiger partial charge in [0.2, 0.25) is 0 Å². The average Bonchev–Trinajstić information content (AvgIpc) is 2.58. The van der Waals surface area contributed by atoms with Gasteiger partial charge in [-0.15, -0.1) is 0 Å². The Morgan fingerprint density at radius 3 is 2.67 bits per heavy atom. The van der Waals surface area contributed by atoms with Crippen LogP contribution in [0.4, 0.5) is 4.39 Å². The van der Waals surface area contributed by atoms with E-state index in [4.69, 9.17) is 11.6 Å². The van der Waals surface area contributed by atoms with E-state index in [1.54, 1.807) is 31.5 Å². The number of rotatable bonds is 4. The number of thioether (sulfide) groups is 1. The maximum Gasteiger partial charge on any atom is 0.287 e. The lowest BCUT2D eigenvalue weighted by molar-refractivity contribution is 0.616. The highest BCUT2D eigenvalue weighted by molar-refractivity contribution is 7.98. The average molecular weight is 361 g/mol. The first-order valence-corrected chi connectivity index (χ1v) is 8.62. The number of nitrogens with zero attached hydrogens (tertiary/aromatic N) is 2. The van der Waals surface area contributed by atoms with E-state index in [9.17, 15) is 9.18 Å². The Morgan fingerprint density at radius 1 is 1.21 bits per heavy atom. The number of aryl methyl sites for hydroxylation is 1. The van der Waals surface area contributed by atoms with E-state index >= 15 is 0 Å². The monoisotopic (exact) mass is 360 g/mol. The minimum Gasteiger partial charge on any atom is -0.280 e. The lowest BCUT2D eigenvalue weighted by Crippen LogP contribution is -2.20. The van der Waals surface area contributed by atoms with Gasteiger partial charge in [-0.05, 0) is 42.3 Å². The molecule has 3 rings (SSSR count). The van der Waals surface area contributed by atoms with Crippen LogP contribution in [0.1, 0.15) is 11.1 Å². The van der Waals surface area contributed by atoms with Gasteiger partial charge < -0.3 is 0 Å². The van der Waals surface area contributed by atoms with Gasteiger partial charge in [0, 0.05) is 23.2 Å². The van der Waals surface area contributed by atoms with Gasteiger partial charge in [-0.1, -0.05) is 41.6 Å². The van der Waals surface area contributed by atoms with Crippen LogP contribution < -0.4 is 5.56 Å². The molecule has 3 aromatic rings. The molecule has 0 fully saturated rings. The molecule has 1 aromatic heterocycles. The molecule has 0 aliphatic heterocycles. The third kappa shape index (κ3) is 3.68. The molecule has 0 radical (unpaired) electrons. The zero-order valence-electron chi connectivity index (χ0n) is 12.9. The van der Waals surface area contributed by atoms with Crippen molar-refractivity contribution in [3.63, 3.8) is 0 Å². The molecule has 0 saturated carbocycles. The Morgan fingerprint density at radius 2 is 1.96 bits per heavy atom. The highest BCUT2D eigenvalue weighted by Crippen LogP contribution is 2.20. The predicted octanol–water partition coefficient (Wildman–Crippen LogP) is 4.63. The van der Waals surface area contributed by atoms with E-state index in [2.05, 4.69) is 4.98 Å². The Hall–Kier alpha value is -2.11. The highest BCUT2D eigenvalue weighted by atomic mass is 35.5. The molecule has 3 nitrogen and oxygen atoms in total. The summed E-state index contributed by atoms with van der Waals surface area (Å²) in [5.74, 6) is 0.262. The molecular formula is C18H14ClFN2OS. The topological polar surface area (TPSA) is 34.9 Å². The second-order valence-corrected chi connectivity index (χ2v) is 6.66. The summed E-state index contributed by atoms with van der Waals surface area (Å²) in [4.78, 5) is 16.7. The fraction of sp³-hybridized carbons (Fsp3) is 0.111. The third-order valence-corrected chi connectivity index (χ3v) is 4.81. The van der Waals surface area contributed by atoms with Crippen LogP contribution in [0.3, 0.4) is 0 Å². The molecule has 0 aliphatic rings. The van der Waals surface area contributed by atoms with Crippen LogP contribution in [-0.2, 0) is 5.75 Å². The molecule has 0 N–H and O–H groups in total. The smallest absolute Gasteiger partial charge is 0.280 e. The van der Waals surface area contributed by atoms with E-state index in [-0.39, 0.29) is 11.4 Å². The molecule has 1 heterocycles. The maximum atomic E-state index is 13.8. The van der Waals surface area contributed by atoms with Crippen molar-refractivity contribution in [3.05, 3.63) is 87.2 Å². The van der Waals surface area contributed by atoms with Crippen LogP contribution in [0, 0.1) is 12.7 Å². The predicted molar refractivity (Wildman–Crippen MR) is 95.5 cm³/mol. The van der Waals surface area contributed by atoms with Crippen molar-refractivity contribution in [2.45, 2.75) is 17.7 Å². The van der Waals surface area contributed by atoms with E-state index < -0.39 is 0 Å². The largest absolute Gasteiger partial charge is 0.287 e. The summed E-state index contributed by atoms with van der Waals surface area (Å²) in [6.45, 7) is 1.68. The second-order valence-electron chi connectivity index (χ2n) is 5.26. The van der Waals surface area contributed by atoms with Gasteiger partial charge in [-0.25, -0.2) is 9.37 Å². The molecule has 2 aromatic carbocycles. The molecule has 0 spiro atoms. The van der Waals surface area contributed by atoms with Gasteiger partial charge >= 0.3 is 0 Å². The van der Waals surface area contributed by atoms with Crippen LogP contribution in [0.25, 0.3) is 5.69 Å². The summed E-state index contributed by atoms with van der Waals surface area (Å²) < 4.78 is 15.2. The van der Waals surface area contributed by atoms with Crippen LogP contribution in [0.5, 0.6) is 0 Å². The zero-order valence-corrected chi connectivity index (χ0v) is 14.4. The van der Waals surface area contributed by atoms with Crippen molar-refractivity contribution < 1.29 is 4.39 Å². The molecule has 122 valence electrons. The fourth-order valence-electron chi connectivity index (χ4n) is 2.16. The summed E-state index contributed by atoms with van der Waals surface area (Å²) >= 11 is 7.20.